The lowest BCUT2D eigenvalue weighted by Crippen LogP contribution is -2.54. The van der Waals surface area contributed by atoms with E-state index in [9.17, 15) is 14.3 Å². The Morgan fingerprint density at radius 2 is 2.22 bits per heavy atom. The molecule has 1 saturated heterocycles. The fourth-order valence-electron chi connectivity index (χ4n) is 3.13. The molecule has 0 spiro atoms. The average Bonchev–Trinajstić information content (AvgIpc) is 2.45. The number of hydrogen-bond acceptors (Lipinski definition) is 4. The van der Waals surface area contributed by atoms with E-state index in [1.807, 2.05) is 4.90 Å². The van der Waals surface area contributed by atoms with Crippen molar-refractivity contribution < 1.29 is 14.3 Å². The molecule has 5 nitrogen and oxygen atoms in total. The highest BCUT2D eigenvalue weighted by Crippen LogP contribution is 2.30. The summed E-state index contributed by atoms with van der Waals surface area (Å²) in [6.45, 7) is 6.53. The van der Waals surface area contributed by atoms with Crippen molar-refractivity contribution in [1.29, 1.82) is 0 Å². The number of nitrogens with two attached hydrogens (primary N) is 1. The SMILES string of the molecule is CCC1CN(c2cc(Br)cc(F)c2C(N)=O)CCN1CC(C)O. The third kappa shape index (κ3) is 4.22. The highest BCUT2D eigenvalue weighted by atomic mass is 79.9. The second-order valence-corrected chi connectivity index (χ2v) is 6.91. The fourth-order valence-corrected chi connectivity index (χ4v) is 3.55. The van der Waals surface area contributed by atoms with Crippen molar-refractivity contribution in [1.82, 2.24) is 4.90 Å². The third-order valence-electron chi connectivity index (χ3n) is 4.20. The Bertz CT molecular complexity index is 583. The van der Waals surface area contributed by atoms with Gasteiger partial charge in [-0.15, -0.1) is 0 Å². The minimum Gasteiger partial charge on any atom is -0.392 e. The molecule has 0 aromatic heterocycles. The van der Waals surface area contributed by atoms with Gasteiger partial charge in [0.15, 0.2) is 0 Å². The van der Waals surface area contributed by atoms with Gasteiger partial charge in [-0.1, -0.05) is 22.9 Å². The zero-order valence-corrected chi connectivity index (χ0v) is 15.0. The van der Waals surface area contributed by atoms with Gasteiger partial charge in [-0.3, -0.25) is 9.69 Å². The maximum atomic E-state index is 14.1. The van der Waals surface area contributed by atoms with Gasteiger partial charge in [-0.05, 0) is 25.5 Å². The summed E-state index contributed by atoms with van der Waals surface area (Å²) in [6.07, 6.45) is 0.520. The van der Waals surface area contributed by atoms with E-state index in [-0.39, 0.29) is 17.7 Å². The van der Waals surface area contributed by atoms with Crippen molar-refractivity contribution in [3.8, 4) is 0 Å². The Balaban J connectivity index is 2.28. The summed E-state index contributed by atoms with van der Waals surface area (Å²) in [5, 5.41) is 9.62. The van der Waals surface area contributed by atoms with Crippen LogP contribution in [0.5, 0.6) is 0 Å². The molecule has 0 bridgehead atoms. The molecular weight excluding hydrogens is 365 g/mol. The number of anilines is 1. The van der Waals surface area contributed by atoms with Gasteiger partial charge in [-0.2, -0.15) is 0 Å². The topological polar surface area (TPSA) is 69.8 Å². The molecule has 1 aromatic rings. The average molecular weight is 388 g/mol. The van der Waals surface area contributed by atoms with Crippen LogP contribution in [0, 0.1) is 5.82 Å². The van der Waals surface area contributed by atoms with E-state index < -0.39 is 11.7 Å². The first-order valence-electron chi connectivity index (χ1n) is 7.79. The van der Waals surface area contributed by atoms with Crippen LogP contribution in [0.1, 0.15) is 30.6 Å². The van der Waals surface area contributed by atoms with Crippen molar-refractivity contribution in [2.75, 3.05) is 31.1 Å². The Morgan fingerprint density at radius 3 is 2.78 bits per heavy atom. The van der Waals surface area contributed by atoms with Crippen LogP contribution in [0.3, 0.4) is 0 Å². The second kappa shape index (κ2) is 7.59. The lowest BCUT2D eigenvalue weighted by molar-refractivity contribution is 0.0884. The number of benzene rings is 1. The number of carbonyl (C=O) groups excluding carboxylic acids is 1. The molecular formula is C16H23BrFN3O2. The monoisotopic (exact) mass is 387 g/mol. The van der Waals surface area contributed by atoms with Crippen molar-refractivity contribution in [2.24, 2.45) is 5.73 Å². The summed E-state index contributed by atoms with van der Waals surface area (Å²) in [6, 6.07) is 3.23. The zero-order chi connectivity index (χ0) is 17.1. The number of nitrogens with zero attached hydrogens (tertiary/aromatic N) is 2. The van der Waals surface area contributed by atoms with Crippen LogP contribution in [0.25, 0.3) is 0 Å². The molecule has 0 aliphatic carbocycles. The number of primary amides is 1. The van der Waals surface area contributed by atoms with Gasteiger partial charge in [0.05, 0.1) is 17.4 Å². The highest BCUT2D eigenvalue weighted by molar-refractivity contribution is 9.10. The van der Waals surface area contributed by atoms with Gasteiger partial charge in [-0.25, -0.2) is 4.39 Å². The quantitative estimate of drug-likeness (QED) is 0.810. The number of amides is 1. The first-order valence-corrected chi connectivity index (χ1v) is 8.58. The molecule has 3 N–H and O–H groups in total. The zero-order valence-electron chi connectivity index (χ0n) is 13.4. The van der Waals surface area contributed by atoms with Crippen LogP contribution in [0.15, 0.2) is 16.6 Å². The Morgan fingerprint density at radius 1 is 1.52 bits per heavy atom. The second-order valence-electron chi connectivity index (χ2n) is 6.00. The first kappa shape index (κ1) is 18.2. The number of carbonyl (C=O) groups is 1. The summed E-state index contributed by atoms with van der Waals surface area (Å²) < 4.78 is 14.7. The lowest BCUT2D eigenvalue weighted by Gasteiger charge is -2.43. The molecule has 2 unspecified atom stereocenters. The molecule has 1 fully saturated rings. The molecule has 0 radical (unpaired) electrons. The number of halogens is 2. The first-order chi connectivity index (χ1) is 10.8. The van der Waals surface area contributed by atoms with Crippen LogP contribution in [-0.4, -0.2) is 54.2 Å². The predicted molar refractivity (Wildman–Crippen MR) is 92.2 cm³/mol. The number of aliphatic hydroxyl groups is 1. The van der Waals surface area contributed by atoms with Crippen molar-refractivity contribution in [3.05, 3.63) is 28.0 Å². The van der Waals surface area contributed by atoms with Crippen LogP contribution in [-0.2, 0) is 0 Å². The summed E-state index contributed by atoms with van der Waals surface area (Å²) in [5.41, 5.74) is 5.83. The van der Waals surface area contributed by atoms with E-state index in [0.29, 0.717) is 29.8 Å². The van der Waals surface area contributed by atoms with E-state index in [0.717, 1.165) is 13.0 Å². The van der Waals surface area contributed by atoms with Gasteiger partial charge in [0.2, 0.25) is 0 Å². The van der Waals surface area contributed by atoms with E-state index in [2.05, 4.69) is 27.8 Å². The van der Waals surface area contributed by atoms with Crippen LogP contribution < -0.4 is 10.6 Å². The fraction of sp³-hybridized carbons (Fsp3) is 0.562. The molecule has 0 saturated carbocycles. The van der Waals surface area contributed by atoms with E-state index >= 15 is 0 Å². The molecule has 128 valence electrons. The molecule has 1 aliphatic rings. The van der Waals surface area contributed by atoms with Crippen LogP contribution in [0.2, 0.25) is 0 Å². The largest absolute Gasteiger partial charge is 0.392 e. The van der Waals surface area contributed by atoms with Gasteiger partial charge >= 0.3 is 0 Å². The molecule has 1 amide bonds. The van der Waals surface area contributed by atoms with Crippen LogP contribution >= 0.6 is 15.9 Å². The lowest BCUT2D eigenvalue weighted by atomic mass is 10.0. The molecule has 1 aliphatic heterocycles. The molecule has 1 heterocycles. The van der Waals surface area contributed by atoms with E-state index in [4.69, 9.17) is 5.73 Å². The van der Waals surface area contributed by atoms with Crippen molar-refractivity contribution >= 4 is 27.5 Å². The number of hydrogen-bond donors (Lipinski definition) is 2. The summed E-state index contributed by atoms with van der Waals surface area (Å²) in [7, 11) is 0. The smallest absolute Gasteiger partial charge is 0.253 e. The number of aliphatic hydroxyl groups excluding tert-OH is 1. The molecule has 1 aromatic carbocycles. The summed E-state index contributed by atoms with van der Waals surface area (Å²) >= 11 is 3.28. The molecule has 23 heavy (non-hydrogen) atoms. The van der Waals surface area contributed by atoms with Crippen molar-refractivity contribution in [3.63, 3.8) is 0 Å². The maximum Gasteiger partial charge on any atom is 0.253 e. The summed E-state index contributed by atoms with van der Waals surface area (Å²) in [5.74, 6) is -1.37. The minimum atomic E-state index is -0.760. The number of β-amino-alcohol motifs (C(OH)–C–C–N with tert-alkyl or cyclic N) is 1. The van der Waals surface area contributed by atoms with Crippen molar-refractivity contribution in [2.45, 2.75) is 32.4 Å². The van der Waals surface area contributed by atoms with Gasteiger partial charge in [0, 0.05) is 36.7 Å². The van der Waals surface area contributed by atoms with Gasteiger partial charge in [0.25, 0.3) is 5.91 Å². The molecule has 2 rings (SSSR count). The Hall–Kier alpha value is -1.18. The Labute approximate surface area is 144 Å². The van der Waals surface area contributed by atoms with E-state index in [1.54, 1.807) is 13.0 Å². The number of piperazine rings is 1. The molecule has 7 heteroatoms. The molecule has 2 atom stereocenters. The van der Waals surface area contributed by atoms with Gasteiger partial charge in [0.1, 0.15) is 5.82 Å². The standard InChI is InChI=1S/C16H23BrFN3O2/c1-3-12-9-21(5-4-20(12)8-10(2)22)14-7-11(17)6-13(18)15(14)16(19)23/h6-7,10,12,22H,3-5,8-9H2,1-2H3,(H2,19,23). The van der Waals surface area contributed by atoms with E-state index in [1.165, 1.54) is 6.07 Å². The minimum absolute atomic E-state index is 0.0629. The predicted octanol–water partition coefficient (Wildman–Crippen LogP) is 1.97. The maximum absolute atomic E-state index is 14.1. The Kier molecular flexibility index (Phi) is 6.00. The van der Waals surface area contributed by atoms with Crippen LogP contribution in [0.4, 0.5) is 10.1 Å². The van der Waals surface area contributed by atoms with Gasteiger partial charge < -0.3 is 15.7 Å². The highest BCUT2D eigenvalue weighted by Gasteiger charge is 2.29. The summed E-state index contributed by atoms with van der Waals surface area (Å²) in [4.78, 5) is 15.9. The normalized spacial score (nSPS) is 20.6. The number of rotatable bonds is 5. The third-order valence-corrected chi connectivity index (χ3v) is 4.65.